The zero-order valence-corrected chi connectivity index (χ0v) is 23.1. The van der Waals surface area contributed by atoms with Crippen LogP contribution in [0.4, 0.5) is 4.39 Å². The number of rotatable bonds is 8. The lowest BCUT2D eigenvalue weighted by molar-refractivity contribution is -0.147. The van der Waals surface area contributed by atoms with E-state index in [1.165, 1.54) is 25.3 Å². The monoisotopic (exact) mass is 529 g/mol. The number of halogens is 1. The second kappa shape index (κ2) is 11.4. The van der Waals surface area contributed by atoms with Gasteiger partial charge in [-0.3, -0.25) is 9.59 Å². The van der Waals surface area contributed by atoms with Gasteiger partial charge in [0.15, 0.2) is 5.92 Å². The first kappa shape index (κ1) is 27.4. The lowest BCUT2D eigenvalue weighted by atomic mass is 10.00. The van der Waals surface area contributed by atoms with Crippen LogP contribution >= 0.6 is 0 Å². The summed E-state index contributed by atoms with van der Waals surface area (Å²) < 4.78 is 26.3. The molecule has 38 heavy (non-hydrogen) atoms. The first-order valence-electron chi connectivity index (χ1n) is 12.5. The molecule has 3 aromatic carbocycles. The third kappa shape index (κ3) is 5.74. The molecule has 4 rings (SSSR count). The first-order chi connectivity index (χ1) is 18.1. The number of hydrogen-bond donors (Lipinski definition) is 0. The Labute approximate surface area is 224 Å². The van der Waals surface area contributed by atoms with Crippen molar-refractivity contribution in [1.29, 1.82) is 0 Å². The van der Waals surface area contributed by atoms with Crippen molar-refractivity contribution in [2.45, 2.75) is 38.8 Å². The second-order valence-corrected chi connectivity index (χ2v) is 14.7. The molecule has 1 heterocycles. The summed E-state index contributed by atoms with van der Waals surface area (Å²) in [7, 11) is -1.56. The first-order valence-corrected chi connectivity index (χ1v) is 14.5. The number of aliphatic imine (C=N–C) groups is 1. The number of hydrogen-bond acceptors (Lipinski definition) is 4. The highest BCUT2D eigenvalue weighted by atomic mass is 28.4. The van der Waals surface area contributed by atoms with Gasteiger partial charge in [0.05, 0.1) is 13.7 Å². The van der Waals surface area contributed by atoms with E-state index >= 15 is 0 Å². The maximum atomic E-state index is 14.7. The average Bonchev–Trinajstić information content (AvgIpc) is 2.89. The van der Waals surface area contributed by atoms with E-state index in [4.69, 9.17) is 4.43 Å². The van der Waals surface area contributed by atoms with Crippen LogP contribution in [0.15, 0.2) is 96.0 Å². The highest BCUT2D eigenvalue weighted by Crippen LogP contribution is 2.37. The van der Waals surface area contributed by atoms with E-state index in [-0.39, 0.29) is 23.9 Å². The molecule has 0 fully saturated rings. The standard InChI is InChI=1S/C31H32FNO4Si/c1-31(2,3)38(26-11-7-5-8-12-26,27-13-9-6-10-14-27)37-21-23-17-22(18-24(32)19-23)20-25-15-16-28(29(34)33-25)30(35)36-4/h5-19,28H,20-21H2,1-4H3. The van der Waals surface area contributed by atoms with Crippen molar-refractivity contribution in [2.75, 3.05) is 7.11 Å². The predicted molar refractivity (Wildman–Crippen MR) is 150 cm³/mol. The normalized spacial score (nSPS) is 15.8. The quantitative estimate of drug-likeness (QED) is 0.240. The van der Waals surface area contributed by atoms with Crippen molar-refractivity contribution in [2.24, 2.45) is 10.9 Å². The summed E-state index contributed by atoms with van der Waals surface area (Å²) in [6.07, 6.45) is 3.34. The Morgan fingerprint density at radius 2 is 1.53 bits per heavy atom. The van der Waals surface area contributed by atoms with Crippen molar-refractivity contribution in [3.8, 4) is 0 Å². The van der Waals surface area contributed by atoms with E-state index in [1.807, 2.05) is 42.5 Å². The maximum absolute atomic E-state index is 14.7. The number of methoxy groups -OCH3 is 1. The lowest BCUT2D eigenvalue weighted by Gasteiger charge is -2.43. The lowest BCUT2D eigenvalue weighted by Crippen LogP contribution is -2.66. The zero-order valence-electron chi connectivity index (χ0n) is 22.1. The molecule has 0 spiro atoms. The number of benzene rings is 3. The summed E-state index contributed by atoms with van der Waals surface area (Å²) >= 11 is 0. The smallest absolute Gasteiger partial charge is 0.322 e. The van der Waals surface area contributed by atoms with Gasteiger partial charge in [0.1, 0.15) is 5.82 Å². The Balaban J connectivity index is 1.63. The molecular weight excluding hydrogens is 497 g/mol. The van der Waals surface area contributed by atoms with E-state index < -0.39 is 26.1 Å². The van der Waals surface area contributed by atoms with Crippen LogP contribution in [0, 0.1) is 11.7 Å². The fourth-order valence-electron chi connectivity index (χ4n) is 5.01. The van der Waals surface area contributed by atoms with Gasteiger partial charge in [0, 0.05) is 12.1 Å². The molecule has 1 unspecified atom stereocenters. The van der Waals surface area contributed by atoms with Gasteiger partial charge < -0.3 is 9.16 Å². The van der Waals surface area contributed by atoms with Crippen LogP contribution in [0.2, 0.25) is 5.04 Å². The topological polar surface area (TPSA) is 65.0 Å². The summed E-state index contributed by atoms with van der Waals surface area (Å²) in [5.74, 6) is -2.65. The molecule has 5 nitrogen and oxygen atoms in total. The number of carbonyl (C=O) groups excluding carboxylic acids is 2. The van der Waals surface area contributed by atoms with Crippen molar-refractivity contribution >= 4 is 36.3 Å². The minimum atomic E-state index is -2.79. The summed E-state index contributed by atoms with van der Waals surface area (Å²) in [5.41, 5.74) is 1.82. The van der Waals surface area contributed by atoms with Crippen LogP contribution in [-0.4, -0.2) is 33.0 Å². The summed E-state index contributed by atoms with van der Waals surface area (Å²) in [6, 6.07) is 25.4. The molecule has 1 amide bonds. The second-order valence-electron chi connectivity index (χ2n) is 10.4. The third-order valence-corrected chi connectivity index (χ3v) is 11.7. The minimum absolute atomic E-state index is 0.204. The molecule has 0 bridgehead atoms. The summed E-state index contributed by atoms with van der Waals surface area (Å²) in [6.45, 7) is 6.82. The number of allylic oxidation sites excluding steroid dienone is 1. The molecule has 3 aromatic rings. The fourth-order valence-corrected chi connectivity index (χ4v) is 9.55. The highest BCUT2D eigenvalue weighted by molar-refractivity contribution is 6.99. The number of nitrogens with zero attached hydrogens (tertiary/aromatic N) is 1. The molecule has 0 saturated heterocycles. The van der Waals surface area contributed by atoms with E-state index in [9.17, 15) is 14.0 Å². The van der Waals surface area contributed by atoms with Crippen LogP contribution in [0.5, 0.6) is 0 Å². The van der Waals surface area contributed by atoms with Gasteiger partial charge in [0.25, 0.3) is 14.2 Å². The minimum Gasteiger partial charge on any atom is -0.468 e. The predicted octanol–water partition coefficient (Wildman–Crippen LogP) is 4.77. The molecule has 7 heteroatoms. The Bertz CT molecular complexity index is 1320. The molecule has 196 valence electrons. The van der Waals surface area contributed by atoms with Gasteiger partial charge >= 0.3 is 5.97 Å². The molecule has 0 aromatic heterocycles. The van der Waals surface area contributed by atoms with Gasteiger partial charge in [0.2, 0.25) is 0 Å². The maximum Gasteiger partial charge on any atom is 0.322 e. The van der Waals surface area contributed by atoms with E-state index in [2.05, 4.69) is 54.8 Å². The third-order valence-electron chi connectivity index (χ3n) is 6.73. The van der Waals surface area contributed by atoms with E-state index in [0.717, 1.165) is 10.4 Å². The van der Waals surface area contributed by atoms with Crippen molar-refractivity contribution in [3.05, 3.63) is 108 Å². The van der Waals surface area contributed by atoms with Gasteiger partial charge in [-0.1, -0.05) is 93.6 Å². The molecule has 1 aliphatic rings. The average molecular weight is 530 g/mol. The summed E-state index contributed by atoms with van der Waals surface area (Å²) in [4.78, 5) is 28.0. The number of amides is 1. The Kier molecular flexibility index (Phi) is 8.19. The van der Waals surface area contributed by atoms with Crippen LogP contribution in [0.1, 0.15) is 31.9 Å². The van der Waals surface area contributed by atoms with Gasteiger partial charge in [-0.25, -0.2) is 9.38 Å². The van der Waals surface area contributed by atoms with Crippen LogP contribution < -0.4 is 10.4 Å². The summed E-state index contributed by atoms with van der Waals surface area (Å²) in [5, 5.41) is 2.09. The Morgan fingerprint density at radius 3 is 2.05 bits per heavy atom. The molecule has 0 radical (unpaired) electrons. The Morgan fingerprint density at radius 1 is 0.947 bits per heavy atom. The van der Waals surface area contributed by atoms with Gasteiger partial charge in [-0.2, -0.15) is 0 Å². The molecule has 0 N–H and O–H groups in total. The fraction of sp³-hybridized carbons (Fsp3) is 0.258. The number of ether oxygens (including phenoxy) is 1. The van der Waals surface area contributed by atoms with Crippen molar-refractivity contribution < 1.29 is 23.1 Å². The SMILES string of the molecule is COC(=O)C1C=CC(Cc2cc(F)cc(CO[Si](c3ccccc3)(c3ccccc3)C(C)(C)C)c2)=NC1=O. The van der Waals surface area contributed by atoms with Crippen LogP contribution in [-0.2, 0) is 31.8 Å². The zero-order chi connectivity index (χ0) is 27.3. The molecule has 0 saturated carbocycles. The van der Waals surface area contributed by atoms with E-state index in [1.54, 1.807) is 6.08 Å². The molecule has 1 atom stereocenters. The van der Waals surface area contributed by atoms with Gasteiger partial charge in [-0.15, -0.1) is 0 Å². The largest absolute Gasteiger partial charge is 0.468 e. The molecule has 0 aliphatic carbocycles. The molecule has 1 aliphatic heterocycles. The number of dihydropyridines is 1. The molecular formula is C31H32FNO4Si. The number of carbonyl (C=O) groups is 2. The van der Waals surface area contributed by atoms with Crippen molar-refractivity contribution in [3.63, 3.8) is 0 Å². The van der Waals surface area contributed by atoms with Crippen LogP contribution in [0.25, 0.3) is 0 Å². The highest BCUT2D eigenvalue weighted by Gasteiger charge is 2.50. The Hall–Kier alpha value is -3.68. The van der Waals surface area contributed by atoms with E-state index in [0.29, 0.717) is 16.8 Å². The van der Waals surface area contributed by atoms with Crippen LogP contribution in [0.3, 0.4) is 0 Å². The number of esters is 1. The van der Waals surface area contributed by atoms with Gasteiger partial charge in [-0.05, 0) is 44.7 Å². The van der Waals surface area contributed by atoms with Crippen molar-refractivity contribution in [1.82, 2.24) is 0 Å².